The Kier molecular flexibility index (Phi) is 7.14. The van der Waals surface area contributed by atoms with Crippen LogP contribution in [-0.2, 0) is 0 Å². The first-order chi connectivity index (χ1) is 10.4. The Bertz CT molecular complexity index is 545. The molecule has 0 saturated heterocycles. The van der Waals surface area contributed by atoms with Crippen LogP contribution in [0, 0.1) is 0 Å². The molecule has 0 bridgehead atoms. The van der Waals surface area contributed by atoms with Crippen molar-refractivity contribution in [1.29, 1.82) is 0 Å². The van der Waals surface area contributed by atoms with E-state index in [1.54, 1.807) is 5.57 Å². The zero-order valence-electron chi connectivity index (χ0n) is 13.1. The third-order valence-corrected chi connectivity index (χ3v) is 3.26. The van der Waals surface area contributed by atoms with E-state index in [2.05, 4.69) is 19.6 Å². The summed E-state index contributed by atoms with van der Waals surface area (Å²) in [6, 6.07) is 5.02. The van der Waals surface area contributed by atoms with E-state index < -0.39 is 11.9 Å². The highest BCUT2D eigenvalue weighted by atomic mass is 16.4. The molecule has 118 valence electrons. The highest BCUT2D eigenvalue weighted by Gasteiger charge is 2.05. The van der Waals surface area contributed by atoms with E-state index in [4.69, 9.17) is 10.2 Å². The molecule has 2 N–H and O–H groups in total. The second-order valence-electron chi connectivity index (χ2n) is 5.48. The summed E-state index contributed by atoms with van der Waals surface area (Å²) in [5.41, 5.74) is 6.46. The molecule has 0 spiro atoms. The van der Waals surface area contributed by atoms with E-state index in [0.717, 1.165) is 0 Å². The molecule has 0 unspecified atom stereocenters. The molecule has 0 amide bonds. The van der Waals surface area contributed by atoms with Crippen LogP contribution in [-0.4, -0.2) is 22.2 Å². The summed E-state index contributed by atoms with van der Waals surface area (Å²) in [5, 5.41) is 16.9. The number of hydrogen-bond acceptors (Lipinski definition) is 2. The molecule has 0 atom stereocenters. The van der Waals surface area contributed by atoms with Crippen LogP contribution in [0.15, 0.2) is 41.1 Å². The van der Waals surface area contributed by atoms with Crippen molar-refractivity contribution in [1.82, 2.24) is 0 Å². The van der Waals surface area contributed by atoms with Gasteiger partial charge < -0.3 is 10.2 Å². The molecule has 1 saturated carbocycles. The fourth-order valence-corrected chi connectivity index (χ4v) is 2.21. The van der Waals surface area contributed by atoms with Gasteiger partial charge in [0.05, 0.1) is 11.1 Å². The van der Waals surface area contributed by atoms with Crippen molar-refractivity contribution < 1.29 is 19.8 Å². The van der Waals surface area contributed by atoms with Crippen molar-refractivity contribution in [2.24, 2.45) is 0 Å². The number of carbonyl (C=O) groups is 2. The van der Waals surface area contributed by atoms with Crippen molar-refractivity contribution in [3.8, 4) is 0 Å². The Morgan fingerprint density at radius 3 is 1.59 bits per heavy atom. The summed E-state index contributed by atoms with van der Waals surface area (Å²) in [6.07, 6.45) is 6.79. The van der Waals surface area contributed by atoms with Gasteiger partial charge in [-0.1, -0.05) is 6.42 Å². The fraction of sp³-hybridized carbons (Fsp3) is 0.389. The van der Waals surface area contributed by atoms with Crippen LogP contribution in [0.5, 0.6) is 0 Å². The lowest BCUT2D eigenvalue weighted by Gasteiger charge is -2.10. The summed E-state index contributed by atoms with van der Waals surface area (Å²) in [5.74, 6) is -2.13. The largest absolute Gasteiger partial charge is 0.478 e. The van der Waals surface area contributed by atoms with Gasteiger partial charge in [-0.2, -0.15) is 0 Å². The predicted molar refractivity (Wildman–Crippen MR) is 85.3 cm³/mol. The van der Waals surface area contributed by atoms with Gasteiger partial charge in [0.2, 0.25) is 0 Å². The molecule has 1 aliphatic rings. The van der Waals surface area contributed by atoms with Crippen LogP contribution in [0.25, 0.3) is 0 Å². The van der Waals surface area contributed by atoms with Gasteiger partial charge in [0.1, 0.15) is 0 Å². The lowest BCUT2D eigenvalue weighted by molar-refractivity contribution is 0.0681. The first-order valence-electron chi connectivity index (χ1n) is 7.38. The zero-order valence-corrected chi connectivity index (χ0v) is 13.1. The molecule has 0 aliphatic heterocycles. The lowest BCUT2D eigenvalue weighted by atomic mass is 9.95. The van der Waals surface area contributed by atoms with Crippen LogP contribution in [0.1, 0.15) is 66.7 Å². The van der Waals surface area contributed by atoms with Crippen molar-refractivity contribution in [3.63, 3.8) is 0 Å². The van der Waals surface area contributed by atoms with Crippen molar-refractivity contribution in [2.45, 2.75) is 46.0 Å². The molecular weight excluding hydrogens is 280 g/mol. The minimum Gasteiger partial charge on any atom is -0.478 e. The second-order valence-corrected chi connectivity index (χ2v) is 5.48. The smallest absolute Gasteiger partial charge is 0.335 e. The number of carboxylic acids is 2. The average Bonchev–Trinajstić information content (AvgIpc) is 2.48. The van der Waals surface area contributed by atoms with Crippen LogP contribution < -0.4 is 0 Å². The normalized spacial score (nSPS) is 13.5. The number of benzene rings is 1. The van der Waals surface area contributed by atoms with Gasteiger partial charge in [-0.3, -0.25) is 0 Å². The van der Waals surface area contributed by atoms with Crippen LogP contribution >= 0.6 is 0 Å². The van der Waals surface area contributed by atoms with Crippen molar-refractivity contribution in [3.05, 3.63) is 52.3 Å². The maximum atomic E-state index is 10.3. The van der Waals surface area contributed by atoms with Crippen LogP contribution in [0.3, 0.4) is 0 Å². The minimum absolute atomic E-state index is 0.0833. The number of aromatic carboxylic acids is 2. The molecule has 0 aromatic heterocycles. The van der Waals surface area contributed by atoms with Crippen molar-refractivity contribution >= 4 is 11.9 Å². The maximum Gasteiger partial charge on any atom is 0.335 e. The maximum absolute atomic E-state index is 10.3. The topological polar surface area (TPSA) is 74.6 Å². The van der Waals surface area contributed by atoms with E-state index in [-0.39, 0.29) is 11.1 Å². The summed E-state index contributed by atoms with van der Waals surface area (Å²) < 4.78 is 0. The van der Waals surface area contributed by atoms with Crippen LogP contribution in [0.2, 0.25) is 0 Å². The molecule has 1 aliphatic carbocycles. The van der Waals surface area contributed by atoms with Gasteiger partial charge in [-0.05, 0) is 74.9 Å². The molecule has 4 nitrogen and oxygen atoms in total. The summed E-state index contributed by atoms with van der Waals surface area (Å²) >= 11 is 0. The molecule has 1 aromatic carbocycles. The molecule has 0 radical (unpaired) electrons. The van der Waals surface area contributed by atoms with Gasteiger partial charge in [0.25, 0.3) is 0 Å². The molecular formula is C18H22O4. The van der Waals surface area contributed by atoms with Gasteiger partial charge in [-0.25, -0.2) is 9.59 Å². The SMILES string of the molecule is CC(C)=C=C1CCCCC1.O=C(O)c1ccc(C(=O)O)cc1. The second kappa shape index (κ2) is 8.85. The van der Waals surface area contributed by atoms with Gasteiger partial charge in [0.15, 0.2) is 0 Å². The van der Waals surface area contributed by atoms with E-state index in [0.29, 0.717) is 0 Å². The van der Waals surface area contributed by atoms with Crippen LogP contribution in [0.4, 0.5) is 0 Å². The van der Waals surface area contributed by atoms with Gasteiger partial charge >= 0.3 is 11.9 Å². The number of rotatable bonds is 2. The summed E-state index contributed by atoms with van der Waals surface area (Å²) in [4.78, 5) is 20.7. The van der Waals surface area contributed by atoms with E-state index >= 15 is 0 Å². The quantitative estimate of drug-likeness (QED) is 0.787. The Morgan fingerprint density at radius 2 is 1.27 bits per heavy atom. The molecule has 2 rings (SSSR count). The van der Waals surface area contributed by atoms with Gasteiger partial charge in [0, 0.05) is 0 Å². The number of allylic oxidation sites excluding steroid dienone is 1. The Morgan fingerprint density at radius 1 is 0.864 bits per heavy atom. The first kappa shape index (κ1) is 17.7. The summed E-state index contributed by atoms with van der Waals surface area (Å²) in [6.45, 7) is 4.25. The summed E-state index contributed by atoms with van der Waals surface area (Å²) in [7, 11) is 0. The zero-order chi connectivity index (χ0) is 16.5. The lowest BCUT2D eigenvalue weighted by Crippen LogP contribution is -1.99. The monoisotopic (exact) mass is 302 g/mol. The van der Waals surface area contributed by atoms with Gasteiger partial charge in [-0.15, -0.1) is 5.73 Å². The fourth-order valence-electron chi connectivity index (χ4n) is 2.21. The molecule has 4 heteroatoms. The number of carboxylic acid groups (broad SMARTS) is 2. The molecule has 0 heterocycles. The highest BCUT2D eigenvalue weighted by Crippen LogP contribution is 2.21. The third kappa shape index (κ3) is 6.42. The minimum atomic E-state index is -1.06. The molecule has 22 heavy (non-hydrogen) atoms. The van der Waals surface area contributed by atoms with Crippen molar-refractivity contribution in [2.75, 3.05) is 0 Å². The average molecular weight is 302 g/mol. The predicted octanol–water partition coefficient (Wildman–Crippen LogP) is 4.53. The number of hydrogen-bond donors (Lipinski definition) is 2. The van der Waals surface area contributed by atoms with E-state index in [9.17, 15) is 9.59 Å². The molecule has 1 fully saturated rings. The Hall–Kier alpha value is -2.32. The van der Waals surface area contributed by atoms with E-state index in [1.807, 2.05) is 0 Å². The first-order valence-corrected chi connectivity index (χ1v) is 7.38. The standard InChI is InChI=1S/C10H16.C8H6O4/c1-9(2)8-10-6-4-3-5-7-10;9-7(10)5-1-2-6(4-3-5)8(11)12/h3-7H2,1-2H3;1-4H,(H,9,10)(H,11,12). The highest BCUT2D eigenvalue weighted by molar-refractivity contribution is 5.91. The third-order valence-electron chi connectivity index (χ3n) is 3.26. The van der Waals surface area contributed by atoms with E-state index in [1.165, 1.54) is 61.9 Å². The Balaban J connectivity index is 0.000000224. The Labute approximate surface area is 130 Å². The molecule has 1 aromatic rings.